The van der Waals surface area contributed by atoms with Gasteiger partial charge in [0.05, 0.1) is 17.7 Å². The number of carbonyl (C=O) groups is 2. The first kappa shape index (κ1) is 24.4. The Kier molecular flexibility index (Phi) is 7.48. The number of aryl methyl sites for hydroxylation is 1. The van der Waals surface area contributed by atoms with Gasteiger partial charge in [-0.1, -0.05) is 47.7 Å². The highest BCUT2D eigenvalue weighted by molar-refractivity contribution is 8.27. The Hall–Kier alpha value is -3.69. The number of methoxy groups -OCH3 is 1. The normalized spacial score (nSPS) is 14.4. The molecule has 0 bridgehead atoms. The molecule has 6 nitrogen and oxygen atoms in total. The predicted molar refractivity (Wildman–Crippen MR) is 140 cm³/mol. The van der Waals surface area contributed by atoms with Crippen LogP contribution in [-0.4, -0.2) is 29.9 Å². The predicted octanol–water partition coefficient (Wildman–Crippen LogP) is 5.57. The van der Waals surface area contributed by atoms with Crippen LogP contribution in [0.5, 0.6) is 11.5 Å². The Morgan fingerprint density at radius 2 is 1.80 bits per heavy atom. The summed E-state index contributed by atoms with van der Waals surface area (Å²) in [4.78, 5) is 27.0. The second-order valence-corrected chi connectivity index (χ2v) is 9.28. The Bertz CT molecular complexity index is 1310. The van der Waals surface area contributed by atoms with E-state index in [1.807, 2.05) is 31.2 Å². The van der Waals surface area contributed by atoms with Gasteiger partial charge in [0.25, 0.3) is 11.8 Å². The highest BCUT2D eigenvalue weighted by Gasteiger charge is 2.33. The van der Waals surface area contributed by atoms with Crippen molar-refractivity contribution in [2.24, 2.45) is 0 Å². The molecule has 4 rings (SSSR count). The van der Waals surface area contributed by atoms with E-state index < -0.39 is 5.82 Å². The molecule has 1 saturated heterocycles. The number of halogens is 1. The molecule has 1 aliphatic rings. The van der Waals surface area contributed by atoms with Crippen LogP contribution in [-0.2, 0) is 9.59 Å². The molecule has 0 unspecified atom stereocenters. The molecule has 3 aromatic carbocycles. The zero-order chi connectivity index (χ0) is 24.9. The summed E-state index contributed by atoms with van der Waals surface area (Å²) in [7, 11) is 1.49. The number of hydrogen-bond donors (Lipinski definition) is 1. The molecule has 0 spiro atoms. The Labute approximate surface area is 211 Å². The number of benzene rings is 3. The van der Waals surface area contributed by atoms with Gasteiger partial charge in [0.1, 0.15) is 5.82 Å². The molecule has 0 aliphatic carbocycles. The number of thioether (sulfide) groups is 1. The fraction of sp³-hybridized carbons (Fsp3) is 0.115. The van der Waals surface area contributed by atoms with Gasteiger partial charge in [-0.15, -0.1) is 0 Å². The number of hydrogen-bond acceptors (Lipinski definition) is 6. The van der Waals surface area contributed by atoms with Crippen molar-refractivity contribution in [3.63, 3.8) is 0 Å². The van der Waals surface area contributed by atoms with Crippen LogP contribution < -0.4 is 19.7 Å². The SMILES string of the molecule is COc1cc(/C=C2\SC(=S)N(c3ccc(F)cc3)C2=O)ccc1OCC(=O)Nc1ccc(C)cc1. The van der Waals surface area contributed by atoms with Crippen molar-refractivity contribution >= 4 is 57.6 Å². The van der Waals surface area contributed by atoms with E-state index in [1.54, 1.807) is 24.3 Å². The summed E-state index contributed by atoms with van der Waals surface area (Å²) in [6.45, 7) is 1.78. The van der Waals surface area contributed by atoms with Crippen LogP contribution in [0.3, 0.4) is 0 Å². The standard InChI is InChI=1S/C26H21FN2O4S2/c1-16-3-8-19(9-4-16)28-24(30)15-33-21-12-5-17(13-22(21)32-2)14-23-25(31)29(26(34)35-23)20-10-6-18(27)7-11-20/h3-14H,15H2,1-2H3,(H,28,30)/b23-14-. The topological polar surface area (TPSA) is 67.9 Å². The first-order valence-corrected chi connectivity index (χ1v) is 11.8. The summed E-state index contributed by atoms with van der Waals surface area (Å²) < 4.78 is 24.7. The van der Waals surface area contributed by atoms with Crippen LogP contribution in [0.2, 0.25) is 0 Å². The van der Waals surface area contributed by atoms with Gasteiger partial charge in [-0.05, 0) is 67.1 Å². The summed E-state index contributed by atoms with van der Waals surface area (Å²) >= 11 is 6.52. The summed E-state index contributed by atoms with van der Waals surface area (Å²) in [5.41, 5.74) is 2.98. The van der Waals surface area contributed by atoms with Crippen molar-refractivity contribution in [2.75, 3.05) is 23.9 Å². The number of thiocarbonyl (C=S) groups is 1. The molecule has 35 heavy (non-hydrogen) atoms. The van der Waals surface area contributed by atoms with E-state index in [9.17, 15) is 14.0 Å². The molecule has 1 heterocycles. The quantitative estimate of drug-likeness (QED) is 0.333. The Balaban J connectivity index is 1.44. The first-order chi connectivity index (χ1) is 16.8. The third-order valence-electron chi connectivity index (χ3n) is 5.06. The van der Waals surface area contributed by atoms with Crippen LogP contribution in [0.25, 0.3) is 6.08 Å². The molecule has 178 valence electrons. The third kappa shape index (κ3) is 5.87. The number of nitrogens with zero attached hydrogens (tertiary/aromatic N) is 1. The smallest absolute Gasteiger partial charge is 0.270 e. The average molecular weight is 509 g/mol. The number of anilines is 2. The van der Waals surface area contributed by atoms with Crippen LogP contribution in [0.15, 0.2) is 71.6 Å². The van der Waals surface area contributed by atoms with Crippen LogP contribution in [0, 0.1) is 12.7 Å². The van der Waals surface area contributed by atoms with Gasteiger partial charge < -0.3 is 14.8 Å². The summed E-state index contributed by atoms with van der Waals surface area (Å²) in [5, 5.41) is 2.77. The maximum atomic E-state index is 13.2. The van der Waals surface area contributed by atoms with Gasteiger partial charge in [0.15, 0.2) is 22.4 Å². The highest BCUT2D eigenvalue weighted by atomic mass is 32.2. The van der Waals surface area contributed by atoms with E-state index in [0.29, 0.717) is 37.7 Å². The summed E-state index contributed by atoms with van der Waals surface area (Å²) in [6.07, 6.45) is 1.69. The second-order valence-electron chi connectivity index (χ2n) is 7.61. The zero-order valence-corrected chi connectivity index (χ0v) is 20.5. The van der Waals surface area contributed by atoms with Crippen molar-refractivity contribution in [3.8, 4) is 11.5 Å². The third-order valence-corrected chi connectivity index (χ3v) is 6.36. The molecule has 1 aliphatic heterocycles. The van der Waals surface area contributed by atoms with Gasteiger partial charge in [-0.3, -0.25) is 14.5 Å². The molecule has 9 heteroatoms. The molecule has 1 N–H and O–H groups in total. The van der Waals surface area contributed by atoms with E-state index in [-0.39, 0.29) is 18.4 Å². The highest BCUT2D eigenvalue weighted by Crippen LogP contribution is 2.37. The zero-order valence-electron chi connectivity index (χ0n) is 18.9. The lowest BCUT2D eigenvalue weighted by Gasteiger charge is -2.14. The maximum Gasteiger partial charge on any atom is 0.270 e. The fourth-order valence-corrected chi connectivity index (χ4v) is 4.60. The Morgan fingerprint density at radius 3 is 2.49 bits per heavy atom. The van der Waals surface area contributed by atoms with Gasteiger partial charge in [-0.2, -0.15) is 0 Å². The van der Waals surface area contributed by atoms with E-state index in [0.717, 1.165) is 17.3 Å². The summed E-state index contributed by atoms with van der Waals surface area (Å²) in [6, 6.07) is 18.2. The largest absolute Gasteiger partial charge is 0.493 e. The minimum Gasteiger partial charge on any atom is -0.493 e. The van der Waals surface area contributed by atoms with Crippen molar-refractivity contribution in [3.05, 3.63) is 88.6 Å². The lowest BCUT2D eigenvalue weighted by Crippen LogP contribution is -2.27. The fourth-order valence-electron chi connectivity index (χ4n) is 3.30. The van der Waals surface area contributed by atoms with Crippen molar-refractivity contribution in [1.29, 1.82) is 0 Å². The number of amides is 2. The molecule has 3 aromatic rings. The lowest BCUT2D eigenvalue weighted by atomic mass is 10.2. The number of carbonyl (C=O) groups excluding carboxylic acids is 2. The monoisotopic (exact) mass is 508 g/mol. The van der Waals surface area contributed by atoms with E-state index in [1.165, 1.54) is 36.3 Å². The number of ether oxygens (including phenoxy) is 2. The first-order valence-electron chi connectivity index (χ1n) is 10.5. The molecule has 0 radical (unpaired) electrons. The molecule has 1 fully saturated rings. The van der Waals surface area contributed by atoms with Crippen molar-refractivity contribution < 1.29 is 23.5 Å². The van der Waals surface area contributed by atoms with Crippen LogP contribution in [0.4, 0.5) is 15.8 Å². The minimum absolute atomic E-state index is 0.195. The minimum atomic E-state index is -0.392. The van der Waals surface area contributed by atoms with Crippen LogP contribution in [0.1, 0.15) is 11.1 Å². The molecule has 0 saturated carbocycles. The van der Waals surface area contributed by atoms with E-state index in [4.69, 9.17) is 21.7 Å². The lowest BCUT2D eigenvalue weighted by molar-refractivity contribution is -0.118. The number of rotatable bonds is 7. The van der Waals surface area contributed by atoms with Crippen molar-refractivity contribution in [2.45, 2.75) is 6.92 Å². The average Bonchev–Trinajstić information content (AvgIpc) is 3.12. The molecule has 2 amide bonds. The second kappa shape index (κ2) is 10.7. The van der Waals surface area contributed by atoms with Crippen LogP contribution >= 0.6 is 24.0 Å². The number of nitrogens with one attached hydrogen (secondary N) is 1. The maximum absolute atomic E-state index is 13.2. The van der Waals surface area contributed by atoms with Crippen molar-refractivity contribution in [1.82, 2.24) is 0 Å². The summed E-state index contributed by atoms with van der Waals surface area (Å²) in [5.74, 6) is -0.182. The van der Waals surface area contributed by atoms with E-state index >= 15 is 0 Å². The van der Waals surface area contributed by atoms with Gasteiger partial charge in [0.2, 0.25) is 0 Å². The van der Waals surface area contributed by atoms with Gasteiger partial charge >= 0.3 is 0 Å². The van der Waals surface area contributed by atoms with Gasteiger partial charge in [0, 0.05) is 5.69 Å². The Morgan fingerprint density at radius 1 is 1.09 bits per heavy atom. The molecule has 0 atom stereocenters. The molecular formula is C26H21FN2O4S2. The molecule has 0 aromatic heterocycles. The molecular weight excluding hydrogens is 487 g/mol. The van der Waals surface area contributed by atoms with Gasteiger partial charge in [-0.25, -0.2) is 4.39 Å². The van der Waals surface area contributed by atoms with E-state index in [2.05, 4.69) is 5.32 Å².